The molecule has 0 radical (unpaired) electrons. The zero-order chi connectivity index (χ0) is 13.8. The Balaban J connectivity index is 2.98. The molecule has 100 valence electrons. The third-order valence-corrected chi connectivity index (χ3v) is 4.31. The van der Waals surface area contributed by atoms with E-state index in [1.54, 1.807) is 12.1 Å². The van der Waals surface area contributed by atoms with Crippen molar-refractivity contribution < 1.29 is 9.18 Å². The highest BCUT2D eigenvalue weighted by Gasteiger charge is 2.28. The number of hydrogen-bond acceptors (Lipinski definition) is 1. The third-order valence-electron chi connectivity index (χ3n) is 3.18. The second kappa shape index (κ2) is 6.53. The summed E-state index contributed by atoms with van der Waals surface area (Å²) in [6.45, 7) is 3.90. The van der Waals surface area contributed by atoms with Crippen molar-refractivity contribution >= 4 is 33.4 Å². The van der Waals surface area contributed by atoms with Crippen molar-refractivity contribution in [2.75, 3.05) is 5.88 Å². The Morgan fingerprint density at radius 1 is 1.44 bits per heavy atom. The van der Waals surface area contributed by atoms with Gasteiger partial charge >= 0.3 is 0 Å². The lowest BCUT2D eigenvalue weighted by molar-refractivity contribution is 0.0898. The molecule has 1 aromatic rings. The topological polar surface area (TPSA) is 29.1 Å². The number of carbonyl (C=O) groups is 1. The molecule has 0 spiro atoms. The first-order chi connectivity index (χ1) is 8.49. The number of amides is 1. The molecule has 2 nitrogen and oxygen atoms in total. The zero-order valence-corrected chi connectivity index (χ0v) is 12.7. The maximum absolute atomic E-state index is 13.8. The number of nitrogens with one attached hydrogen (secondary N) is 1. The van der Waals surface area contributed by atoms with E-state index in [1.165, 1.54) is 6.07 Å². The summed E-state index contributed by atoms with van der Waals surface area (Å²) in [4.78, 5) is 12.1. The lowest BCUT2D eigenvalue weighted by Crippen LogP contribution is -2.49. The standard InChI is InChI=1S/C13H16BrClFNO/c1-3-13(4-2,8-15)17-12(18)9-6-5-7-10(14)11(9)16/h5-7H,3-4,8H2,1-2H3,(H,17,18). The van der Waals surface area contributed by atoms with E-state index in [4.69, 9.17) is 11.6 Å². The van der Waals surface area contributed by atoms with Gasteiger partial charge in [-0.25, -0.2) is 4.39 Å². The lowest BCUT2D eigenvalue weighted by Gasteiger charge is -2.30. The summed E-state index contributed by atoms with van der Waals surface area (Å²) in [6, 6.07) is 4.64. The van der Waals surface area contributed by atoms with Gasteiger partial charge in [0, 0.05) is 5.88 Å². The van der Waals surface area contributed by atoms with Gasteiger partial charge in [-0.3, -0.25) is 4.79 Å². The molecule has 0 heterocycles. The predicted octanol–water partition coefficient (Wildman–Crippen LogP) is 4.12. The van der Waals surface area contributed by atoms with Crippen molar-refractivity contribution in [2.24, 2.45) is 0 Å². The molecule has 0 bridgehead atoms. The normalized spacial score (nSPS) is 11.4. The van der Waals surface area contributed by atoms with Crippen molar-refractivity contribution in [3.8, 4) is 0 Å². The molecule has 1 N–H and O–H groups in total. The van der Waals surface area contributed by atoms with Crippen LogP contribution in [-0.4, -0.2) is 17.3 Å². The van der Waals surface area contributed by atoms with E-state index in [2.05, 4.69) is 21.2 Å². The van der Waals surface area contributed by atoms with Crippen LogP contribution in [0.3, 0.4) is 0 Å². The Morgan fingerprint density at radius 3 is 2.56 bits per heavy atom. The highest BCUT2D eigenvalue weighted by atomic mass is 79.9. The minimum absolute atomic E-state index is 0.0285. The fourth-order valence-corrected chi connectivity index (χ4v) is 2.45. The van der Waals surface area contributed by atoms with Crippen LogP contribution in [-0.2, 0) is 0 Å². The Hall–Kier alpha value is -0.610. The minimum Gasteiger partial charge on any atom is -0.345 e. The summed E-state index contributed by atoms with van der Waals surface area (Å²) >= 11 is 8.97. The van der Waals surface area contributed by atoms with Gasteiger partial charge in [-0.1, -0.05) is 19.9 Å². The number of carbonyl (C=O) groups excluding carboxylic acids is 1. The molecule has 0 unspecified atom stereocenters. The van der Waals surface area contributed by atoms with E-state index in [0.717, 1.165) is 0 Å². The average Bonchev–Trinajstić information content (AvgIpc) is 2.39. The van der Waals surface area contributed by atoms with Crippen LogP contribution in [0.15, 0.2) is 22.7 Å². The molecule has 1 amide bonds. The maximum Gasteiger partial charge on any atom is 0.254 e. The van der Waals surface area contributed by atoms with Gasteiger partial charge in [0.05, 0.1) is 15.6 Å². The molecular formula is C13H16BrClFNO. The minimum atomic E-state index is -0.550. The molecule has 0 saturated heterocycles. The van der Waals surface area contributed by atoms with E-state index in [9.17, 15) is 9.18 Å². The molecule has 0 aliphatic rings. The van der Waals surface area contributed by atoms with E-state index in [0.29, 0.717) is 18.7 Å². The van der Waals surface area contributed by atoms with Gasteiger partial charge in [0.25, 0.3) is 5.91 Å². The molecule has 1 aromatic carbocycles. The van der Waals surface area contributed by atoms with Gasteiger partial charge in [-0.05, 0) is 40.9 Å². The Bertz CT molecular complexity index is 427. The summed E-state index contributed by atoms with van der Waals surface area (Å²) in [5.41, 5.74) is -0.450. The van der Waals surface area contributed by atoms with Crippen LogP contribution in [0.2, 0.25) is 0 Å². The van der Waals surface area contributed by atoms with Crippen LogP contribution in [0.25, 0.3) is 0 Å². The first-order valence-corrected chi connectivity index (χ1v) is 7.15. The quantitative estimate of drug-likeness (QED) is 0.805. The van der Waals surface area contributed by atoms with Crippen molar-refractivity contribution in [1.29, 1.82) is 0 Å². The van der Waals surface area contributed by atoms with Crippen LogP contribution < -0.4 is 5.32 Å². The van der Waals surface area contributed by atoms with Crippen molar-refractivity contribution in [3.63, 3.8) is 0 Å². The largest absolute Gasteiger partial charge is 0.345 e. The maximum atomic E-state index is 13.8. The molecule has 0 aromatic heterocycles. The number of hydrogen-bond donors (Lipinski definition) is 1. The zero-order valence-electron chi connectivity index (χ0n) is 10.4. The first-order valence-electron chi connectivity index (χ1n) is 5.82. The van der Waals surface area contributed by atoms with Gasteiger partial charge in [-0.15, -0.1) is 11.6 Å². The van der Waals surface area contributed by atoms with Crippen LogP contribution >= 0.6 is 27.5 Å². The Morgan fingerprint density at radius 2 is 2.06 bits per heavy atom. The van der Waals surface area contributed by atoms with Crippen molar-refractivity contribution in [2.45, 2.75) is 32.2 Å². The van der Waals surface area contributed by atoms with E-state index in [1.807, 2.05) is 13.8 Å². The van der Waals surface area contributed by atoms with Crippen molar-refractivity contribution in [1.82, 2.24) is 5.32 Å². The molecule has 0 saturated carbocycles. The molecule has 0 atom stereocenters. The second-order valence-corrected chi connectivity index (χ2v) is 5.30. The summed E-state index contributed by atoms with van der Waals surface area (Å²) in [5, 5.41) is 2.83. The molecule has 5 heteroatoms. The van der Waals surface area contributed by atoms with Crippen LogP contribution in [0.1, 0.15) is 37.0 Å². The van der Waals surface area contributed by atoms with E-state index < -0.39 is 17.3 Å². The summed E-state index contributed by atoms with van der Waals surface area (Å²) in [5.74, 6) is -0.676. The van der Waals surface area contributed by atoms with Gasteiger partial charge < -0.3 is 5.32 Å². The molecule has 18 heavy (non-hydrogen) atoms. The van der Waals surface area contributed by atoms with Gasteiger partial charge in [0.2, 0.25) is 0 Å². The van der Waals surface area contributed by atoms with Crippen LogP contribution in [0.5, 0.6) is 0 Å². The average molecular weight is 337 g/mol. The highest BCUT2D eigenvalue weighted by Crippen LogP contribution is 2.21. The van der Waals surface area contributed by atoms with Gasteiger partial charge in [0.15, 0.2) is 0 Å². The fraction of sp³-hybridized carbons (Fsp3) is 0.462. The number of rotatable bonds is 5. The van der Waals surface area contributed by atoms with Gasteiger partial charge in [-0.2, -0.15) is 0 Å². The summed E-state index contributed by atoms with van der Waals surface area (Å²) in [7, 11) is 0. The number of benzene rings is 1. The molecule has 1 rings (SSSR count). The van der Waals surface area contributed by atoms with Crippen LogP contribution in [0.4, 0.5) is 4.39 Å². The Kier molecular flexibility index (Phi) is 5.60. The second-order valence-electron chi connectivity index (χ2n) is 4.18. The van der Waals surface area contributed by atoms with E-state index >= 15 is 0 Å². The molecule has 0 aliphatic carbocycles. The summed E-state index contributed by atoms with van der Waals surface area (Å²) in [6.07, 6.45) is 1.41. The Labute approximate surface area is 120 Å². The smallest absolute Gasteiger partial charge is 0.254 e. The molecule has 0 aliphatic heterocycles. The van der Waals surface area contributed by atoms with Crippen molar-refractivity contribution in [3.05, 3.63) is 34.1 Å². The fourth-order valence-electron chi connectivity index (χ4n) is 1.64. The number of halogens is 3. The first kappa shape index (κ1) is 15.4. The monoisotopic (exact) mass is 335 g/mol. The third kappa shape index (κ3) is 3.23. The predicted molar refractivity (Wildman–Crippen MR) is 75.6 cm³/mol. The van der Waals surface area contributed by atoms with Crippen LogP contribution in [0, 0.1) is 5.82 Å². The van der Waals surface area contributed by atoms with Gasteiger partial charge in [0.1, 0.15) is 5.82 Å². The lowest BCUT2D eigenvalue weighted by atomic mass is 9.94. The number of alkyl halides is 1. The summed E-state index contributed by atoms with van der Waals surface area (Å²) < 4.78 is 14.1. The highest BCUT2D eigenvalue weighted by molar-refractivity contribution is 9.10. The molecular weight excluding hydrogens is 321 g/mol. The SMILES string of the molecule is CCC(CC)(CCl)NC(=O)c1cccc(Br)c1F. The molecule has 0 fully saturated rings. The van der Waals surface area contributed by atoms with E-state index in [-0.39, 0.29) is 10.0 Å².